The summed E-state index contributed by atoms with van der Waals surface area (Å²) in [7, 11) is 0. The molecule has 0 aliphatic carbocycles. The van der Waals surface area contributed by atoms with Crippen molar-refractivity contribution in [1.29, 1.82) is 0 Å². The molecule has 1 nitrogen and oxygen atoms in total. The van der Waals surface area contributed by atoms with Gasteiger partial charge in [-0.25, -0.2) is 4.98 Å². The number of rotatable bonds is 1. The van der Waals surface area contributed by atoms with Gasteiger partial charge in [-0.1, -0.05) is 29.8 Å². The molecule has 0 unspecified atom stereocenters. The molecule has 72 valence electrons. The normalized spacial score (nSPS) is 10.5. The molecule has 0 spiro atoms. The van der Waals surface area contributed by atoms with Gasteiger partial charge in [-0.15, -0.1) is 11.3 Å². The highest BCUT2D eigenvalue weighted by atomic mass is 79.9. The molecule has 0 aliphatic rings. The van der Waals surface area contributed by atoms with Crippen LogP contribution in [0.1, 0.15) is 4.88 Å². The largest absolute Gasteiger partial charge is 0.229 e. The average molecular weight is 289 g/mol. The zero-order valence-electron chi connectivity index (χ0n) is 7.42. The van der Waals surface area contributed by atoms with E-state index in [4.69, 9.17) is 11.6 Å². The molecule has 0 bridgehead atoms. The highest BCUT2D eigenvalue weighted by molar-refractivity contribution is 9.11. The molecule has 0 saturated heterocycles. The third kappa shape index (κ3) is 1.85. The van der Waals surface area contributed by atoms with Gasteiger partial charge in [-0.2, -0.15) is 0 Å². The van der Waals surface area contributed by atoms with E-state index in [1.54, 1.807) is 11.3 Å². The molecule has 0 fully saturated rings. The van der Waals surface area contributed by atoms with E-state index in [0.717, 1.165) is 20.2 Å². The number of halogens is 2. The molecule has 0 aliphatic heterocycles. The lowest BCUT2D eigenvalue weighted by atomic mass is 10.1. The van der Waals surface area contributed by atoms with E-state index < -0.39 is 0 Å². The number of hydrogen-bond acceptors (Lipinski definition) is 2. The predicted octanol–water partition coefficient (Wildman–Crippen LogP) is 4.53. The molecule has 4 heteroatoms. The second-order valence-corrected chi connectivity index (χ2v) is 5.74. The van der Waals surface area contributed by atoms with Crippen molar-refractivity contribution >= 4 is 38.9 Å². The van der Waals surface area contributed by atoms with Crippen LogP contribution in [0.15, 0.2) is 28.2 Å². The summed E-state index contributed by atoms with van der Waals surface area (Å²) in [5, 5.41) is 0.744. The lowest BCUT2D eigenvalue weighted by Gasteiger charge is -2.00. The van der Waals surface area contributed by atoms with Crippen molar-refractivity contribution in [3.05, 3.63) is 38.1 Å². The lowest BCUT2D eigenvalue weighted by Crippen LogP contribution is -1.81. The molecule has 1 aromatic heterocycles. The monoisotopic (exact) mass is 287 g/mol. The second kappa shape index (κ2) is 4.01. The van der Waals surface area contributed by atoms with E-state index in [1.165, 1.54) is 4.88 Å². The Morgan fingerprint density at radius 3 is 2.64 bits per heavy atom. The molecular weight excluding hydrogens is 282 g/mol. The Morgan fingerprint density at radius 1 is 1.36 bits per heavy atom. The van der Waals surface area contributed by atoms with E-state index in [1.807, 2.05) is 31.2 Å². The van der Waals surface area contributed by atoms with Gasteiger partial charge in [0.05, 0.1) is 5.69 Å². The fourth-order valence-electron chi connectivity index (χ4n) is 1.27. The fraction of sp³-hybridized carbons (Fsp3) is 0.100. The first kappa shape index (κ1) is 10.1. The van der Waals surface area contributed by atoms with Crippen molar-refractivity contribution in [1.82, 2.24) is 4.98 Å². The fourth-order valence-corrected chi connectivity index (χ4v) is 3.04. The minimum absolute atomic E-state index is 0.744. The number of aryl methyl sites for hydroxylation is 1. The summed E-state index contributed by atoms with van der Waals surface area (Å²) in [5.74, 6) is 0. The van der Waals surface area contributed by atoms with Gasteiger partial charge < -0.3 is 0 Å². The topological polar surface area (TPSA) is 12.9 Å². The predicted molar refractivity (Wildman–Crippen MR) is 65.0 cm³/mol. The standard InChI is InChI=1S/C10H7BrClNS/c1-6-9(13-10(11)14-6)7-4-2-3-5-8(7)12/h2-5H,1H3. The maximum absolute atomic E-state index is 6.09. The van der Waals surface area contributed by atoms with Gasteiger partial charge in [-0.3, -0.25) is 0 Å². The second-order valence-electron chi connectivity index (χ2n) is 2.85. The van der Waals surface area contributed by atoms with Crippen molar-refractivity contribution in [2.45, 2.75) is 6.92 Å². The highest BCUT2D eigenvalue weighted by Crippen LogP contribution is 2.33. The van der Waals surface area contributed by atoms with Gasteiger partial charge in [-0.05, 0) is 28.9 Å². The minimum atomic E-state index is 0.744. The first-order chi connectivity index (χ1) is 6.68. The quantitative estimate of drug-likeness (QED) is 0.751. The number of nitrogens with zero attached hydrogens (tertiary/aromatic N) is 1. The van der Waals surface area contributed by atoms with Crippen molar-refractivity contribution < 1.29 is 0 Å². The van der Waals surface area contributed by atoms with Crippen LogP contribution in [0.5, 0.6) is 0 Å². The summed E-state index contributed by atoms with van der Waals surface area (Å²) >= 11 is 11.1. The number of thiazole rings is 1. The molecule has 0 amide bonds. The summed E-state index contributed by atoms with van der Waals surface area (Å²) in [4.78, 5) is 5.56. The molecule has 0 N–H and O–H groups in total. The Kier molecular flexibility index (Phi) is 2.91. The van der Waals surface area contributed by atoms with E-state index in [2.05, 4.69) is 20.9 Å². The molecule has 0 radical (unpaired) electrons. The van der Waals surface area contributed by atoms with E-state index in [-0.39, 0.29) is 0 Å². The van der Waals surface area contributed by atoms with Gasteiger partial charge in [0.2, 0.25) is 0 Å². The van der Waals surface area contributed by atoms with Gasteiger partial charge in [0.1, 0.15) is 0 Å². The van der Waals surface area contributed by atoms with Crippen LogP contribution in [0.4, 0.5) is 0 Å². The van der Waals surface area contributed by atoms with Crippen LogP contribution >= 0.6 is 38.9 Å². The van der Waals surface area contributed by atoms with Gasteiger partial charge >= 0.3 is 0 Å². The number of benzene rings is 1. The van der Waals surface area contributed by atoms with Gasteiger partial charge in [0, 0.05) is 15.5 Å². The first-order valence-electron chi connectivity index (χ1n) is 4.06. The summed E-state index contributed by atoms with van der Waals surface area (Å²) < 4.78 is 0.893. The van der Waals surface area contributed by atoms with Crippen LogP contribution in [0.25, 0.3) is 11.3 Å². The zero-order valence-corrected chi connectivity index (χ0v) is 10.6. The maximum atomic E-state index is 6.09. The van der Waals surface area contributed by atoms with Crippen LogP contribution < -0.4 is 0 Å². The summed E-state index contributed by atoms with van der Waals surface area (Å²) in [6, 6.07) is 7.75. The SMILES string of the molecule is Cc1sc(Br)nc1-c1ccccc1Cl. The Morgan fingerprint density at radius 2 is 2.07 bits per heavy atom. The third-order valence-corrected chi connectivity index (χ3v) is 3.65. The van der Waals surface area contributed by atoms with Crippen LogP contribution in [-0.4, -0.2) is 4.98 Å². The summed E-state index contributed by atoms with van der Waals surface area (Å²) in [6.45, 7) is 2.04. The van der Waals surface area contributed by atoms with Gasteiger partial charge in [0.25, 0.3) is 0 Å². The Labute approximate surface area is 99.9 Å². The molecule has 0 saturated carbocycles. The Bertz CT molecular complexity index is 467. The summed E-state index contributed by atoms with van der Waals surface area (Å²) in [6.07, 6.45) is 0. The van der Waals surface area contributed by atoms with Crippen LogP contribution in [0, 0.1) is 6.92 Å². The van der Waals surface area contributed by atoms with E-state index in [0.29, 0.717) is 0 Å². The third-order valence-electron chi connectivity index (χ3n) is 1.90. The van der Waals surface area contributed by atoms with E-state index >= 15 is 0 Å². The van der Waals surface area contributed by atoms with Crippen LogP contribution in [0.2, 0.25) is 5.02 Å². The Hall–Kier alpha value is -0.380. The summed E-state index contributed by atoms with van der Waals surface area (Å²) in [5.41, 5.74) is 1.96. The maximum Gasteiger partial charge on any atom is 0.160 e. The number of hydrogen-bond donors (Lipinski definition) is 0. The van der Waals surface area contributed by atoms with E-state index in [9.17, 15) is 0 Å². The van der Waals surface area contributed by atoms with Crippen molar-refractivity contribution in [3.63, 3.8) is 0 Å². The van der Waals surface area contributed by atoms with Crippen molar-refractivity contribution in [2.24, 2.45) is 0 Å². The van der Waals surface area contributed by atoms with Crippen molar-refractivity contribution in [2.75, 3.05) is 0 Å². The molecule has 2 rings (SSSR count). The molecular formula is C10H7BrClNS. The van der Waals surface area contributed by atoms with Crippen LogP contribution in [-0.2, 0) is 0 Å². The molecule has 1 aromatic carbocycles. The molecule has 1 heterocycles. The van der Waals surface area contributed by atoms with Crippen molar-refractivity contribution in [3.8, 4) is 11.3 Å². The molecule has 0 atom stereocenters. The zero-order chi connectivity index (χ0) is 10.1. The molecule has 14 heavy (non-hydrogen) atoms. The average Bonchev–Trinajstić information content (AvgIpc) is 2.46. The highest BCUT2D eigenvalue weighted by Gasteiger charge is 2.10. The molecule has 2 aromatic rings. The Balaban J connectivity index is 2.60. The lowest BCUT2D eigenvalue weighted by molar-refractivity contribution is 1.35. The smallest absolute Gasteiger partial charge is 0.160 e. The minimum Gasteiger partial charge on any atom is -0.229 e. The first-order valence-corrected chi connectivity index (χ1v) is 6.05. The number of aromatic nitrogens is 1. The van der Waals surface area contributed by atoms with Gasteiger partial charge in [0.15, 0.2) is 3.92 Å². The van der Waals surface area contributed by atoms with Crippen LogP contribution in [0.3, 0.4) is 0 Å².